The summed E-state index contributed by atoms with van der Waals surface area (Å²) in [7, 11) is 0. The number of rotatable bonds is 3. The Balaban J connectivity index is 1.69. The fourth-order valence-electron chi connectivity index (χ4n) is 3.22. The van der Waals surface area contributed by atoms with Gasteiger partial charge in [0.25, 0.3) is 0 Å². The number of alkyl halides is 3. The third-order valence-corrected chi connectivity index (χ3v) is 4.54. The highest BCUT2D eigenvalue weighted by atomic mass is 19.4. The van der Waals surface area contributed by atoms with Gasteiger partial charge in [-0.2, -0.15) is 13.2 Å². The number of hydrogen-bond acceptors (Lipinski definition) is 1. The highest BCUT2D eigenvalue weighted by Gasteiger charge is 2.41. The van der Waals surface area contributed by atoms with Crippen LogP contribution in [0.4, 0.5) is 13.2 Å². The Hall–Kier alpha value is -0.940. The molecule has 0 spiro atoms. The summed E-state index contributed by atoms with van der Waals surface area (Å²) in [5, 5.41) is 3.20. The monoisotopic (exact) mass is 291 g/mol. The number of aliphatic imine (C=N–C) groups is 1. The number of guanidine groups is 1. The summed E-state index contributed by atoms with van der Waals surface area (Å²) in [4.78, 5) is 4.30. The lowest BCUT2D eigenvalue weighted by Gasteiger charge is -2.29. The van der Waals surface area contributed by atoms with E-state index in [2.05, 4.69) is 10.3 Å². The van der Waals surface area contributed by atoms with E-state index < -0.39 is 12.1 Å². The van der Waals surface area contributed by atoms with Crippen LogP contribution in [-0.2, 0) is 0 Å². The minimum atomic E-state index is -4.03. The summed E-state index contributed by atoms with van der Waals surface area (Å²) >= 11 is 0. The summed E-state index contributed by atoms with van der Waals surface area (Å²) < 4.78 is 37.7. The lowest BCUT2D eigenvalue weighted by molar-refractivity contribution is -0.183. The van der Waals surface area contributed by atoms with Crippen LogP contribution in [0.5, 0.6) is 0 Å². The normalized spacial score (nSPS) is 29.6. The second-order valence-corrected chi connectivity index (χ2v) is 6.11. The van der Waals surface area contributed by atoms with Crippen molar-refractivity contribution in [2.45, 2.75) is 63.6 Å². The lowest BCUT2D eigenvalue weighted by atomic mass is 9.82. The third kappa shape index (κ3) is 4.56. The number of halogens is 3. The van der Waals surface area contributed by atoms with Crippen molar-refractivity contribution in [1.82, 2.24) is 5.32 Å². The molecule has 0 heterocycles. The van der Waals surface area contributed by atoms with E-state index in [1.54, 1.807) is 0 Å². The summed E-state index contributed by atoms with van der Waals surface area (Å²) in [5.41, 5.74) is 5.83. The van der Waals surface area contributed by atoms with Crippen LogP contribution < -0.4 is 11.1 Å². The molecule has 2 aliphatic rings. The van der Waals surface area contributed by atoms with E-state index in [0.717, 1.165) is 12.8 Å². The predicted molar refractivity (Wildman–Crippen MR) is 73.4 cm³/mol. The zero-order valence-electron chi connectivity index (χ0n) is 11.8. The second-order valence-electron chi connectivity index (χ2n) is 6.11. The summed E-state index contributed by atoms with van der Waals surface area (Å²) in [6, 6.07) is 0.430. The van der Waals surface area contributed by atoms with Crippen LogP contribution in [0.15, 0.2) is 4.99 Å². The summed E-state index contributed by atoms with van der Waals surface area (Å²) in [5.74, 6) is -0.413. The largest absolute Gasteiger partial charge is 0.391 e. The molecule has 2 saturated carbocycles. The van der Waals surface area contributed by atoms with Gasteiger partial charge in [-0.15, -0.1) is 0 Å². The number of nitrogens with one attached hydrogen (secondary N) is 1. The van der Waals surface area contributed by atoms with Crippen LogP contribution in [0.1, 0.15) is 51.4 Å². The summed E-state index contributed by atoms with van der Waals surface area (Å²) in [6.45, 7) is 0.552. The van der Waals surface area contributed by atoms with Gasteiger partial charge in [0.1, 0.15) is 0 Å². The SMILES string of the molecule is NC(=NCC1CCC(C(F)(F)F)CC1)NC1CCCC1. The van der Waals surface area contributed by atoms with Crippen LogP contribution in [0.3, 0.4) is 0 Å². The highest BCUT2D eigenvalue weighted by molar-refractivity contribution is 5.78. The number of hydrogen-bond donors (Lipinski definition) is 2. The predicted octanol–water partition coefficient (Wildman–Crippen LogP) is 3.20. The molecule has 0 saturated heterocycles. The Kier molecular flexibility index (Phi) is 5.16. The van der Waals surface area contributed by atoms with Crippen LogP contribution in [0.25, 0.3) is 0 Å². The molecule has 0 atom stereocenters. The van der Waals surface area contributed by atoms with Gasteiger partial charge in [-0.25, -0.2) is 0 Å². The van der Waals surface area contributed by atoms with Gasteiger partial charge < -0.3 is 11.1 Å². The first-order valence-electron chi connectivity index (χ1n) is 7.58. The van der Waals surface area contributed by atoms with Gasteiger partial charge in [0.15, 0.2) is 5.96 Å². The molecule has 0 radical (unpaired) electrons. The van der Waals surface area contributed by atoms with Crippen LogP contribution >= 0.6 is 0 Å². The minimum absolute atomic E-state index is 0.236. The molecule has 0 aromatic heterocycles. The molecule has 2 rings (SSSR count). The van der Waals surface area contributed by atoms with E-state index in [-0.39, 0.29) is 18.8 Å². The molecule has 2 aliphatic carbocycles. The van der Waals surface area contributed by atoms with Gasteiger partial charge in [-0.1, -0.05) is 12.8 Å². The van der Waals surface area contributed by atoms with Gasteiger partial charge in [-0.3, -0.25) is 4.99 Å². The van der Waals surface area contributed by atoms with Gasteiger partial charge in [0.2, 0.25) is 0 Å². The van der Waals surface area contributed by atoms with Crippen molar-refractivity contribution in [3.05, 3.63) is 0 Å². The Morgan fingerprint density at radius 1 is 1.05 bits per heavy atom. The standard InChI is InChI=1S/C14H24F3N3/c15-14(16,17)11-7-5-10(6-8-11)9-19-13(18)20-12-3-1-2-4-12/h10-12H,1-9H2,(H3,18,19,20). The first kappa shape index (κ1) is 15.4. The Morgan fingerprint density at radius 3 is 2.20 bits per heavy atom. The molecule has 0 bridgehead atoms. The molecule has 2 fully saturated rings. The van der Waals surface area contributed by atoms with E-state index >= 15 is 0 Å². The fraction of sp³-hybridized carbons (Fsp3) is 0.929. The van der Waals surface area contributed by atoms with Crippen molar-refractivity contribution >= 4 is 5.96 Å². The first-order valence-corrected chi connectivity index (χ1v) is 7.58. The van der Waals surface area contributed by atoms with Crippen LogP contribution in [0, 0.1) is 11.8 Å². The first-order chi connectivity index (χ1) is 9.45. The molecule has 0 aromatic rings. The topological polar surface area (TPSA) is 50.4 Å². The van der Waals surface area contributed by atoms with Gasteiger partial charge in [-0.05, 0) is 44.4 Å². The molecule has 3 N–H and O–H groups in total. The maximum Gasteiger partial charge on any atom is 0.391 e. The zero-order chi connectivity index (χ0) is 14.6. The Bertz CT molecular complexity index is 327. The maximum absolute atomic E-state index is 12.6. The average molecular weight is 291 g/mol. The molecular weight excluding hydrogens is 267 g/mol. The highest BCUT2D eigenvalue weighted by Crippen LogP contribution is 2.39. The summed E-state index contributed by atoms with van der Waals surface area (Å²) in [6.07, 6.45) is 2.37. The zero-order valence-corrected chi connectivity index (χ0v) is 11.8. The fourth-order valence-corrected chi connectivity index (χ4v) is 3.22. The molecule has 0 aromatic carbocycles. The molecule has 6 heteroatoms. The molecule has 20 heavy (non-hydrogen) atoms. The van der Waals surface area contributed by atoms with E-state index in [1.807, 2.05) is 0 Å². The number of nitrogens with zero attached hydrogens (tertiary/aromatic N) is 1. The van der Waals surface area contributed by atoms with Gasteiger partial charge in [0.05, 0.1) is 5.92 Å². The molecular formula is C14H24F3N3. The van der Waals surface area contributed by atoms with Gasteiger partial charge in [0, 0.05) is 12.6 Å². The van der Waals surface area contributed by atoms with E-state index in [9.17, 15) is 13.2 Å². The minimum Gasteiger partial charge on any atom is -0.370 e. The van der Waals surface area contributed by atoms with Crippen molar-refractivity contribution in [3.8, 4) is 0 Å². The second kappa shape index (κ2) is 6.68. The van der Waals surface area contributed by atoms with Crippen molar-refractivity contribution < 1.29 is 13.2 Å². The molecule has 3 nitrogen and oxygen atoms in total. The average Bonchev–Trinajstić information content (AvgIpc) is 2.88. The van der Waals surface area contributed by atoms with Crippen LogP contribution in [0.2, 0.25) is 0 Å². The van der Waals surface area contributed by atoms with Crippen LogP contribution in [-0.4, -0.2) is 24.7 Å². The third-order valence-electron chi connectivity index (χ3n) is 4.54. The van der Waals surface area contributed by atoms with Crippen molar-refractivity contribution in [1.29, 1.82) is 0 Å². The van der Waals surface area contributed by atoms with Crippen molar-refractivity contribution in [3.63, 3.8) is 0 Å². The lowest BCUT2D eigenvalue weighted by Crippen LogP contribution is -2.39. The maximum atomic E-state index is 12.6. The van der Waals surface area contributed by atoms with E-state index in [4.69, 9.17) is 5.73 Å². The van der Waals surface area contributed by atoms with Crippen molar-refractivity contribution in [2.24, 2.45) is 22.6 Å². The quantitative estimate of drug-likeness (QED) is 0.619. The number of nitrogens with two attached hydrogens (primary N) is 1. The smallest absolute Gasteiger partial charge is 0.370 e. The van der Waals surface area contributed by atoms with E-state index in [1.165, 1.54) is 12.8 Å². The molecule has 0 unspecified atom stereocenters. The molecule has 0 amide bonds. The Morgan fingerprint density at radius 2 is 1.65 bits per heavy atom. The molecule has 0 aliphatic heterocycles. The van der Waals surface area contributed by atoms with Gasteiger partial charge >= 0.3 is 6.18 Å². The Labute approximate surface area is 118 Å². The molecule has 116 valence electrons. The van der Waals surface area contributed by atoms with Crippen molar-refractivity contribution in [2.75, 3.05) is 6.54 Å². The van der Waals surface area contributed by atoms with E-state index in [0.29, 0.717) is 31.4 Å².